The Balaban J connectivity index is 2.55. The van der Waals surface area contributed by atoms with E-state index in [0.717, 1.165) is 37.4 Å². The molecular formula is C13H23N3O2. The van der Waals surface area contributed by atoms with Gasteiger partial charge in [0.1, 0.15) is 18.8 Å². The first-order valence-corrected chi connectivity index (χ1v) is 6.61. The average Bonchev–Trinajstić information content (AvgIpc) is 2.39. The smallest absolute Gasteiger partial charge is 0.221 e. The fourth-order valence-electron chi connectivity index (χ4n) is 1.60. The second kappa shape index (κ2) is 8.69. The summed E-state index contributed by atoms with van der Waals surface area (Å²) in [5.41, 5.74) is 1.02. The van der Waals surface area contributed by atoms with Crippen molar-refractivity contribution in [2.45, 2.75) is 33.6 Å². The van der Waals surface area contributed by atoms with Gasteiger partial charge in [-0.3, -0.25) is 0 Å². The first kappa shape index (κ1) is 14.7. The highest BCUT2D eigenvalue weighted by Gasteiger charge is 2.10. The van der Waals surface area contributed by atoms with Crippen LogP contribution in [0.2, 0.25) is 0 Å². The monoisotopic (exact) mass is 253 g/mol. The van der Waals surface area contributed by atoms with Gasteiger partial charge in [-0.15, -0.1) is 0 Å². The maximum absolute atomic E-state index is 5.65. The molecule has 0 aliphatic heterocycles. The number of anilines is 1. The topological polar surface area (TPSA) is 56.3 Å². The van der Waals surface area contributed by atoms with Crippen molar-refractivity contribution in [3.05, 3.63) is 11.9 Å². The van der Waals surface area contributed by atoms with Gasteiger partial charge in [-0.05, 0) is 19.8 Å². The summed E-state index contributed by atoms with van der Waals surface area (Å²) in [6, 6.07) is 0. The molecule has 1 N–H and O–H groups in total. The molecule has 0 fully saturated rings. The third-order valence-electron chi connectivity index (χ3n) is 2.42. The lowest BCUT2D eigenvalue weighted by atomic mass is 10.2. The van der Waals surface area contributed by atoms with Crippen LogP contribution in [0.25, 0.3) is 0 Å². The fraction of sp³-hybridized carbons (Fsp3) is 0.692. The lowest BCUT2D eigenvalue weighted by Gasteiger charge is -2.13. The molecule has 0 amide bonds. The van der Waals surface area contributed by atoms with Crippen molar-refractivity contribution in [1.29, 1.82) is 0 Å². The van der Waals surface area contributed by atoms with Crippen molar-refractivity contribution in [3.63, 3.8) is 0 Å². The molecule has 0 radical (unpaired) electrons. The first-order chi connectivity index (χ1) is 8.83. The molecule has 0 bridgehead atoms. The number of hydrogen-bond acceptors (Lipinski definition) is 5. The highest BCUT2D eigenvalue weighted by molar-refractivity contribution is 5.48. The Morgan fingerprint density at radius 3 is 2.61 bits per heavy atom. The molecule has 0 aromatic carbocycles. The van der Waals surface area contributed by atoms with Gasteiger partial charge in [0.25, 0.3) is 0 Å². The molecule has 5 heteroatoms. The molecular weight excluding hydrogens is 230 g/mol. The van der Waals surface area contributed by atoms with Gasteiger partial charge in [0.05, 0.1) is 12.2 Å². The number of hydrogen-bond donors (Lipinski definition) is 1. The summed E-state index contributed by atoms with van der Waals surface area (Å²) in [6.07, 6.45) is 3.39. The lowest BCUT2D eigenvalue weighted by molar-refractivity contribution is 0.0986. The first-order valence-electron chi connectivity index (χ1n) is 6.61. The Kier molecular flexibility index (Phi) is 7.10. The van der Waals surface area contributed by atoms with E-state index in [0.29, 0.717) is 19.1 Å². The summed E-state index contributed by atoms with van der Waals surface area (Å²) < 4.78 is 11.0. The minimum absolute atomic E-state index is 0.523. The van der Waals surface area contributed by atoms with E-state index >= 15 is 0 Å². The van der Waals surface area contributed by atoms with Crippen molar-refractivity contribution in [2.75, 3.05) is 31.7 Å². The molecule has 102 valence electrons. The minimum Gasteiger partial charge on any atom is -0.475 e. The second-order valence-electron chi connectivity index (χ2n) is 3.85. The standard InChI is InChI=1S/C13H23N3O2/c1-4-7-17-8-9-18-13-11(5-2)12(14-6-3)15-10-16-13/h10H,4-9H2,1-3H3,(H,14,15,16). The van der Waals surface area contributed by atoms with E-state index in [-0.39, 0.29) is 0 Å². The predicted molar refractivity (Wildman–Crippen MR) is 72.2 cm³/mol. The van der Waals surface area contributed by atoms with Crippen molar-refractivity contribution in [2.24, 2.45) is 0 Å². The molecule has 18 heavy (non-hydrogen) atoms. The van der Waals surface area contributed by atoms with E-state index in [4.69, 9.17) is 9.47 Å². The number of rotatable bonds is 9. The molecule has 0 aliphatic carbocycles. The quantitative estimate of drug-likeness (QED) is 0.684. The van der Waals surface area contributed by atoms with Crippen LogP contribution < -0.4 is 10.1 Å². The van der Waals surface area contributed by atoms with Gasteiger partial charge in [-0.2, -0.15) is 0 Å². The summed E-state index contributed by atoms with van der Waals surface area (Å²) >= 11 is 0. The van der Waals surface area contributed by atoms with Gasteiger partial charge in [-0.1, -0.05) is 13.8 Å². The zero-order chi connectivity index (χ0) is 13.2. The van der Waals surface area contributed by atoms with E-state index < -0.39 is 0 Å². The van der Waals surface area contributed by atoms with Crippen LogP contribution in [-0.2, 0) is 11.2 Å². The molecule has 0 aliphatic rings. The van der Waals surface area contributed by atoms with Crippen molar-refractivity contribution in [1.82, 2.24) is 9.97 Å². The van der Waals surface area contributed by atoms with Gasteiger partial charge < -0.3 is 14.8 Å². The Bertz CT molecular complexity index is 345. The molecule has 1 heterocycles. The normalized spacial score (nSPS) is 10.4. The lowest BCUT2D eigenvalue weighted by Crippen LogP contribution is -2.11. The fourth-order valence-corrected chi connectivity index (χ4v) is 1.60. The van der Waals surface area contributed by atoms with Crippen molar-refractivity contribution >= 4 is 5.82 Å². The number of aromatic nitrogens is 2. The third-order valence-corrected chi connectivity index (χ3v) is 2.42. The second-order valence-corrected chi connectivity index (χ2v) is 3.85. The number of nitrogens with zero attached hydrogens (tertiary/aromatic N) is 2. The summed E-state index contributed by atoms with van der Waals surface area (Å²) in [7, 11) is 0. The Hall–Kier alpha value is -1.36. The average molecular weight is 253 g/mol. The summed E-state index contributed by atoms with van der Waals surface area (Å²) in [4.78, 5) is 8.41. The molecule has 0 atom stereocenters. The third kappa shape index (κ3) is 4.49. The maximum atomic E-state index is 5.65. The number of ether oxygens (including phenoxy) is 2. The van der Waals surface area contributed by atoms with Gasteiger partial charge in [0.15, 0.2) is 0 Å². The van der Waals surface area contributed by atoms with Crippen molar-refractivity contribution < 1.29 is 9.47 Å². The SMILES string of the molecule is CCCOCCOc1ncnc(NCC)c1CC. The number of nitrogens with one attached hydrogen (secondary N) is 1. The van der Waals surface area contributed by atoms with E-state index in [1.54, 1.807) is 0 Å². The molecule has 1 rings (SSSR count). The zero-order valence-corrected chi connectivity index (χ0v) is 11.5. The molecule has 5 nitrogen and oxygen atoms in total. The van der Waals surface area contributed by atoms with Gasteiger partial charge >= 0.3 is 0 Å². The van der Waals surface area contributed by atoms with Crippen LogP contribution in [0.3, 0.4) is 0 Å². The molecule has 1 aromatic heterocycles. The Morgan fingerprint density at radius 1 is 1.11 bits per heavy atom. The van der Waals surface area contributed by atoms with Crippen LogP contribution in [-0.4, -0.2) is 36.3 Å². The Morgan fingerprint density at radius 2 is 1.94 bits per heavy atom. The van der Waals surface area contributed by atoms with E-state index in [1.165, 1.54) is 6.33 Å². The van der Waals surface area contributed by atoms with Gasteiger partial charge in [-0.25, -0.2) is 9.97 Å². The predicted octanol–water partition coefficient (Wildman–Crippen LogP) is 2.28. The van der Waals surface area contributed by atoms with E-state index in [1.807, 2.05) is 6.92 Å². The molecule has 1 aromatic rings. The highest BCUT2D eigenvalue weighted by atomic mass is 16.5. The van der Waals surface area contributed by atoms with Crippen LogP contribution in [0.1, 0.15) is 32.8 Å². The van der Waals surface area contributed by atoms with E-state index in [9.17, 15) is 0 Å². The van der Waals surface area contributed by atoms with Crippen LogP contribution >= 0.6 is 0 Å². The maximum Gasteiger partial charge on any atom is 0.221 e. The van der Waals surface area contributed by atoms with Crippen LogP contribution in [0.15, 0.2) is 6.33 Å². The minimum atomic E-state index is 0.523. The summed E-state index contributed by atoms with van der Waals surface area (Å²) in [5.74, 6) is 1.52. The molecule has 0 saturated heterocycles. The molecule has 0 unspecified atom stereocenters. The molecule has 0 spiro atoms. The van der Waals surface area contributed by atoms with Gasteiger partial charge in [0, 0.05) is 13.2 Å². The van der Waals surface area contributed by atoms with Crippen LogP contribution in [0.4, 0.5) is 5.82 Å². The Labute approximate surface area is 109 Å². The van der Waals surface area contributed by atoms with Crippen LogP contribution in [0.5, 0.6) is 5.88 Å². The van der Waals surface area contributed by atoms with Gasteiger partial charge in [0.2, 0.25) is 5.88 Å². The summed E-state index contributed by atoms with van der Waals surface area (Å²) in [6.45, 7) is 8.93. The van der Waals surface area contributed by atoms with Crippen molar-refractivity contribution in [3.8, 4) is 5.88 Å². The summed E-state index contributed by atoms with van der Waals surface area (Å²) in [5, 5.41) is 3.22. The van der Waals surface area contributed by atoms with Crippen LogP contribution in [0, 0.1) is 0 Å². The van der Waals surface area contributed by atoms with E-state index in [2.05, 4.69) is 29.1 Å². The largest absolute Gasteiger partial charge is 0.475 e. The molecule has 0 saturated carbocycles. The highest BCUT2D eigenvalue weighted by Crippen LogP contribution is 2.22. The zero-order valence-electron chi connectivity index (χ0n) is 11.5.